The summed E-state index contributed by atoms with van der Waals surface area (Å²) in [6.45, 7) is 1.43. The number of para-hydroxylation sites is 1. The summed E-state index contributed by atoms with van der Waals surface area (Å²) in [4.78, 5) is 25.8. The van der Waals surface area contributed by atoms with E-state index in [9.17, 15) is 14.7 Å². The number of nitrogens with one attached hydrogen (secondary N) is 1. The fourth-order valence-electron chi connectivity index (χ4n) is 4.13. The van der Waals surface area contributed by atoms with E-state index in [0.29, 0.717) is 19.4 Å². The van der Waals surface area contributed by atoms with E-state index in [1.54, 1.807) is 0 Å². The van der Waals surface area contributed by atoms with Crippen LogP contribution in [-0.2, 0) is 16.1 Å². The van der Waals surface area contributed by atoms with Gasteiger partial charge in [-0.15, -0.1) is 0 Å². The number of fused-ring (bicyclic) bond motifs is 1. The van der Waals surface area contributed by atoms with Crippen molar-refractivity contribution in [2.24, 2.45) is 0 Å². The predicted molar refractivity (Wildman–Crippen MR) is 96.2 cm³/mol. The molecule has 0 spiro atoms. The van der Waals surface area contributed by atoms with Crippen LogP contribution in [0.25, 0.3) is 10.9 Å². The van der Waals surface area contributed by atoms with Crippen molar-refractivity contribution < 1.29 is 44.3 Å². The Balaban J connectivity index is 0.00000210. The molecule has 2 fully saturated rings. The van der Waals surface area contributed by atoms with Crippen molar-refractivity contribution in [3.8, 4) is 0 Å². The Morgan fingerprint density at radius 2 is 1.81 bits per heavy atom. The Morgan fingerprint density at radius 3 is 2.56 bits per heavy atom. The van der Waals surface area contributed by atoms with Crippen LogP contribution in [0.4, 0.5) is 0 Å². The third-order valence-corrected chi connectivity index (χ3v) is 5.53. The number of aryl methyl sites for hydroxylation is 1. The number of carbonyl (C=O) groups excluding carboxylic acids is 2. The molecule has 2 unspecified atom stereocenters. The van der Waals surface area contributed by atoms with Crippen molar-refractivity contribution in [2.45, 2.75) is 56.8 Å². The number of amides is 1. The minimum atomic E-state index is -1.05. The van der Waals surface area contributed by atoms with Crippen LogP contribution < -0.4 is 40.0 Å². The zero-order valence-corrected chi connectivity index (χ0v) is 17.8. The average molecular weight is 377 g/mol. The van der Waals surface area contributed by atoms with Gasteiger partial charge in [0.15, 0.2) is 0 Å². The van der Waals surface area contributed by atoms with Gasteiger partial charge in [-0.1, -0.05) is 18.2 Å². The van der Waals surface area contributed by atoms with Gasteiger partial charge in [-0.05, 0) is 49.6 Å². The van der Waals surface area contributed by atoms with Crippen molar-refractivity contribution in [2.75, 3.05) is 6.54 Å². The molecule has 1 saturated heterocycles. The molecule has 0 bridgehead atoms. The number of hydrogen-bond acceptors (Lipinski definition) is 4. The summed E-state index contributed by atoms with van der Waals surface area (Å²) in [5.74, 6) is -1.09. The second-order valence-corrected chi connectivity index (χ2v) is 7.32. The first-order valence-corrected chi connectivity index (χ1v) is 9.45. The SMILES string of the molecule is O=C([O-])C1CCC(C(=O)NCCCn2ccc3ccccc32)N1C1CC1.[Na+]. The molecular formula is C20H24N3NaO3. The molecule has 2 aliphatic rings. The molecule has 6 nitrogen and oxygen atoms in total. The van der Waals surface area contributed by atoms with Crippen molar-refractivity contribution >= 4 is 22.8 Å². The van der Waals surface area contributed by atoms with Gasteiger partial charge in [0.05, 0.1) is 18.1 Å². The van der Waals surface area contributed by atoms with Crippen LogP contribution in [0.2, 0.25) is 0 Å². The van der Waals surface area contributed by atoms with E-state index in [-0.39, 0.29) is 47.5 Å². The average Bonchev–Trinajstić information content (AvgIpc) is 3.24. The fourth-order valence-corrected chi connectivity index (χ4v) is 4.13. The molecule has 0 radical (unpaired) electrons. The second kappa shape index (κ2) is 8.78. The van der Waals surface area contributed by atoms with Crippen LogP contribution in [0.1, 0.15) is 32.1 Å². The van der Waals surface area contributed by atoms with E-state index in [1.807, 2.05) is 17.0 Å². The van der Waals surface area contributed by atoms with E-state index in [0.717, 1.165) is 25.8 Å². The summed E-state index contributed by atoms with van der Waals surface area (Å²) in [6, 6.07) is 9.65. The van der Waals surface area contributed by atoms with Gasteiger partial charge in [-0.3, -0.25) is 9.69 Å². The molecule has 4 rings (SSSR count). The molecule has 138 valence electrons. The summed E-state index contributed by atoms with van der Waals surface area (Å²) >= 11 is 0. The van der Waals surface area contributed by atoms with Crippen LogP contribution in [0.3, 0.4) is 0 Å². The van der Waals surface area contributed by atoms with Gasteiger partial charge >= 0.3 is 29.6 Å². The Bertz CT molecular complexity index is 818. The Morgan fingerprint density at radius 1 is 1.07 bits per heavy atom. The van der Waals surface area contributed by atoms with E-state index in [4.69, 9.17) is 0 Å². The van der Waals surface area contributed by atoms with Gasteiger partial charge in [-0.2, -0.15) is 0 Å². The number of hydrogen-bond donors (Lipinski definition) is 1. The van der Waals surface area contributed by atoms with E-state index in [2.05, 4.69) is 34.3 Å². The molecule has 2 atom stereocenters. The maximum atomic E-state index is 12.6. The van der Waals surface area contributed by atoms with Gasteiger partial charge < -0.3 is 19.8 Å². The third-order valence-electron chi connectivity index (χ3n) is 5.53. The van der Waals surface area contributed by atoms with Gasteiger partial charge in [-0.25, -0.2) is 0 Å². The van der Waals surface area contributed by atoms with Crippen molar-refractivity contribution in [3.05, 3.63) is 36.5 Å². The van der Waals surface area contributed by atoms with Crippen molar-refractivity contribution in [3.63, 3.8) is 0 Å². The molecule has 27 heavy (non-hydrogen) atoms. The van der Waals surface area contributed by atoms with Crippen LogP contribution in [0.5, 0.6) is 0 Å². The number of rotatable bonds is 7. The van der Waals surface area contributed by atoms with Gasteiger partial charge in [0.1, 0.15) is 0 Å². The number of nitrogens with zero attached hydrogens (tertiary/aromatic N) is 2. The minimum Gasteiger partial charge on any atom is -0.548 e. The standard InChI is InChI=1S/C20H25N3O3.Na/c24-19(17-8-9-18(20(25)26)23(17)15-6-7-15)21-11-3-12-22-13-10-14-4-1-2-5-16(14)22;/h1-2,4-5,10,13,15,17-18H,3,6-9,11-12H2,(H,21,24)(H,25,26);/q;+1/p-1. The first kappa shape index (κ1) is 20.4. The quantitative estimate of drug-likeness (QED) is 0.443. The second-order valence-electron chi connectivity index (χ2n) is 7.32. The molecule has 1 N–H and O–H groups in total. The molecule has 2 aromatic rings. The number of carboxylic acid groups (broad SMARTS) is 1. The summed E-state index contributed by atoms with van der Waals surface area (Å²) in [5.41, 5.74) is 1.20. The fraction of sp³-hybridized carbons (Fsp3) is 0.500. The van der Waals surface area contributed by atoms with Crippen LogP contribution in [-0.4, -0.2) is 46.0 Å². The van der Waals surface area contributed by atoms with Gasteiger partial charge in [0, 0.05) is 30.8 Å². The van der Waals surface area contributed by atoms with E-state index < -0.39 is 12.0 Å². The molecule has 1 aromatic carbocycles. The molecule has 1 aromatic heterocycles. The summed E-state index contributed by atoms with van der Waals surface area (Å²) in [7, 11) is 0. The number of aliphatic carboxylic acids is 1. The minimum absolute atomic E-state index is 0. The maximum absolute atomic E-state index is 12.6. The summed E-state index contributed by atoms with van der Waals surface area (Å²) < 4.78 is 2.19. The Kier molecular flexibility index (Phi) is 6.63. The molecule has 1 aliphatic heterocycles. The van der Waals surface area contributed by atoms with Crippen molar-refractivity contribution in [1.29, 1.82) is 0 Å². The van der Waals surface area contributed by atoms with Crippen molar-refractivity contribution in [1.82, 2.24) is 14.8 Å². The molecule has 2 heterocycles. The van der Waals surface area contributed by atoms with Crippen LogP contribution in [0.15, 0.2) is 36.5 Å². The Labute approximate surface area is 181 Å². The zero-order chi connectivity index (χ0) is 18.1. The number of benzene rings is 1. The van der Waals surface area contributed by atoms with Crippen LogP contribution >= 0.6 is 0 Å². The molecule has 1 aliphatic carbocycles. The molecule has 1 amide bonds. The number of carboxylic acids is 1. The van der Waals surface area contributed by atoms with E-state index >= 15 is 0 Å². The smallest absolute Gasteiger partial charge is 0.548 e. The van der Waals surface area contributed by atoms with Gasteiger partial charge in [0.2, 0.25) is 5.91 Å². The first-order chi connectivity index (χ1) is 12.6. The molecule has 1 saturated carbocycles. The predicted octanol–water partition coefficient (Wildman–Crippen LogP) is -2.10. The Hall–Kier alpha value is -1.34. The van der Waals surface area contributed by atoms with Crippen LogP contribution in [0, 0.1) is 0 Å². The molecular weight excluding hydrogens is 353 g/mol. The third kappa shape index (κ3) is 4.40. The van der Waals surface area contributed by atoms with E-state index in [1.165, 1.54) is 10.9 Å². The maximum Gasteiger partial charge on any atom is 1.00 e. The number of aromatic nitrogens is 1. The topological polar surface area (TPSA) is 77.4 Å². The monoisotopic (exact) mass is 377 g/mol. The normalized spacial score (nSPS) is 22.5. The largest absolute Gasteiger partial charge is 1.00 e. The number of carbonyl (C=O) groups is 2. The summed E-state index contributed by atoms with van der Waals surface area (Å²) in [5, 5.41) is 15.5. The van der Waals surface area contributed by atoms with Gasteiger partial charge in [0.25, 0.3) is 0 Å². The zero-order valence-electron chi connectivity index (χ0n) is 15.8. The summed E-state index contributed by atoms with van der Waals surface area (Å²) in [6.07, 6.45) is 5.98. The number of likely N-dealkylation sites (tertiary alicyclic amines) is 1. The first-order valence-electron chi connectivity index (χ1n) is 9.45. The molecule has 7 heteroatoms.